The van der Waals surface area contributed by atoms with Crippen LogP contribution in [0.5, 0.6) is 0 Å². The highest BCUT2D eigenvalue weighted by molar-refractivity contribution is 7.91. The maximum absolute atomic E-state index is 13.0. The minimum absolute atomic E-state index is 0.127. The van der Waals surface area contributed by atoms with Gasteiger partial charge >= 0.3 is 0 Å². The molecule has 2 bridgehead atoms. The first-order chi connectivity index (χ1) is 10.1. The lowest BCUT2D eigenvalue weighted by atomic mass is 10.1. The molecule has 2 aliphatic rings. The first-order valence-electron chi connectivity index (χ1n) is 7.27. The largest absolute Gasteiger partial charge is 0.360 e. The zero-order chi connectivity index (χ0) is 16.3. The van der Waals surface area contributed by atoms with E-state index in [1.54, 1.807) is 13.8 Å². The summed E-state index contributed by atoms with van der Waals surface area (Å²) in [5.41, 5.74) is 0.349. The Morgan fingerprint density at radius 1 is 1.09 bits per heavy atom. The Morgan fingerprint density at radius 2 is 1.64 bits per heavy atom. The topological polar surface area (TPSA) is 97.6 Å². The van der Waals surface area contributed by atoms with Gasteiger partial charge in [-0.1, -0.05) is 5.16 Å². The van der Waals surface area contributed by atoms with E-state index in [9.17, 15) is 16.8 Å². The van der Waals surface area contributed by atoms with Crippen molar-refractivity contribution in [3.05, 3.63) is 11.5 Å². The summed E-state index contributed by atoms with van der Waals surface area (Å²) in [4.78, 5) is 0.127. The van der Waals surface area contributed by atoms with E-state index < -0.39 is 25.1 Å². The van der Waals surface area contributed by atoms with Crippen LogP contribution in [0.2, 0.25) is 0 Å². The molecule has 0 spiro atoms. The van der Waals surface area contributed by atoms with Gasteiger partial charge in [-0.3, -0.25) is 0 Å². The third kappa shape index (κ3) is 2.39. The summed E-state index contributed by atoms with van der Waals surface area (Å²) >= 11 is 0. The van der Waals surface area contributed by atoms with Crippen molar-refractivity contribution in [1.29, 1.82) is 0 Å². The predicted octanol–water partition coefficient (Wildman–Crippen LogP) is 1.02. The normalized spacial score (nSPS) is 29.9. The summed E-state index contributed by atoms with van der Waals surface area (Å²) in [7, 11) is -6.85. The van der Waals surface area contributed by atoms with E-state index in [1.807, 2.05) is 0 Å². The average Bonchev–Trinajstić information content (AvgIpc) is 2.86. The highest BCUT2D eigenvalue weighted by atomic mass is 32.2. The molecule has 124 valence electrons. The minimum atomic E-state index is -3.70. The van der Waals surface area contributed by atoms with Crippen LogP contribution in [-0.4, -0.2) is 49.9 Å². The molecule has 0 aliphatic carbocycles. The molecule has 0 amide bonds. The van der Waals surface area contributed by atoms with Crippen LogP contribution in [0.25, 0.3) is 0 Å². The molecule has 3 rings (SSSR count). The third-order valence-corrected chi connectivity index (χ3v) is 8.58. The van der Waals surface area contributed by atoms with E-state index in [0.29, 0.717) is 31.4 Å². The van der Waals surface area contributed by atoms with Gasteiger partial charge in [0.15, 0.2) is 5.76 Å². The molecule has 2 unspecified atom stereocenters. The van der Waals surface area contributed by atoms with Gasteiger partial charge in [0.25, 0.3) is 0 Å². The number of hydrogen-bond acceptors (Lipinski definition) is 6. The Hall–Kier alpha value is -0.930. The lowest BCUT2D eigenvalue weighted by molar-refractivity contribution is 0.249. The van der Waals surface area contributed by atoms with E-state index >= 15 is 0 Å². The van der Waals surface area contributed by atoms with Crippen LogP contribution in [0.15, 0.2) is 9.42 Å². The van der Waals surface area contributed by atoms with Gasteiger partial charge in [-0.25, -0.2) is 16.8 Å². The number of aryl methyl sites for hydroxylation is 2. The highest BCUT2D eigenvalue weighted by Crippen LogP contribution is 2.42. The van der Waals surface area contributed by atoms with Crippen molar-refractivity contribution in [3.63, 3.8) is 0 Å². The minimum Gasteiger partial charge on any atom is -0.360 e. The Kier molecular flexibility index (Phi) is 3.65. The first-order valence-corrected chi connectivity index (χ1v) is 10.7. The summed E-state index contributed by atoms with van der Waals surface area (Å²) in [6, 6.07) is -0.505. The number of piperidine rings is 1. The van der Waals surface area contributed by atoms with Crippen molar-refractivity contribution >= 4 is 19.9 Å². The Balaban J connectivity index is 1.98. The molecular formula is C13H20N2O5S2. The van der Waals surface area contributed by atoms with Gasteiger partial charge < -0.3 is 4.52 Å². The number of fused-ring (bicyclic) bond motifs is 2. The molecule has 9 heteroatoms. The number of aromatic nitrogens is 1. The predicted molar refractivity (Wildman–Crippen MR) is 79.7 cm³/mol. The van der Waals surface area contributed by atoms with Crippen LogP contribution in [0, 0.1) is 13.8 Å². The van der Waals surface area contributed by atoms with Crippen LogP contribution in [0.1, 0.15) is 37.1 Å². The Bertz CT molecular complexity index is 763. The fourth-order valence-corrected chi connectivity index (χ4v) is 7.11. The molecule has 0 N–H and O–H groups in total. The second-order valence-electron chi connectivity index (χ2n) is 6.30. The standard InChI is InChI=1S/C13H20N2O5S2/c1-8-13(9(2)20-14-8)22(18,19)15-10-4-5-11(15)7-12(6-10)21(3,16)17/h10-12H,4-7H2,1-3H3. The van der Waals surface area contributed by atoms with E-state index in [4.69, 9.17) is 4.52 Å². The molecule has 1 aromatic rings. The highest BCUT2D eigenvalue weighted by Gasteiger charge is 2.50. The van der Waals surface area contributed by atoms with Gasteiger partial charge in [0.2, 0.25) is 10.0 Å². The Labute approximate surface area is 130 Å². The molecular weight excluding hydrogens is 328 g/mol. The summed E-state index contributed by atoms with van der Waals surface area (Å²) in [6.45, 7) is 3.19. The number of sulfonamides is 1. The van der Waals surface area contributed by atoms with Gasteiger partial charge in [0.1, 0.15) is 20.4 Å². The van der Waals surface area contributed by atoms with Gasteiger partial charge in [0.05, 0.1) is 5.25 Å². The fraction of sp³-hybridized carbons (Fsp3) is 0.769. The summed E-state index contributed by atoms with van der Waals surface area (Å²) in [6.07, 6.45) is 3.39. The van der Waals surface area contributed by atoms with Gasteiger partial charge in [-0.15, -0.1) is 0 Å². The zero-order valence-electron chi connectivity index (χ0n) is 12.8. The second-order valence-corrected chi connectivity index (χ2v) is 10.4. The lowest BCUT2D eigenvalue weighted by Gasteiger charge is -2.37. The second kappa shape index (κ2) is 5.04. The van der Waals surface area contributed by atoms with E-state index in [-0.39, 0.29) is 22.7 Å². The first kappa shape index (κ1) is 15.9. The van der Waals surface area contributed by atoms with Crippen LogP contribution in [0.3, 0.4) is 0 Å². The van der Waals surface area contributed by atoms with Crippen LogP contribution in [-0.2, 0) is 19.9 Å². The molecule has 0 aromatic carbocycles. The molecule has 2 aliphatic heterocycles. The van der Waals surface area contributed by atoms with Crippen LogP contribution >= 0.6 is 0 Å². The van der Waals surface area contributed by atoms with E-state index in [2.05, 4.69) is 5.16 Å². The molecule has 2 atom stereocenters. The lowest BCUT2D eigenvalue weighted by Crippen LogP contribution is -2.49. The van der Waals surface area contributed by atoms with E-state index in [1.165, 1.54) is 10.6 Å². The van der Waals surface area contributed by atoms with Crippen molar-refractivity contribution in [2.24, 2.45) is 0 Å². The van der Waals surface area contributed by atoms with Crippen molar-refractivity contribution in [3.8, 4) is 0 Å². The van der Waals surface area contributed by atoms with Crippen LogP contribution in [0.4, 0.5) is 0 Å². The molecule has 22 heavy (non-hydrogen) atoms. The molecule has 7 nitrogen and oxygen atoms in total. The van der Waals surface area contributed by atoms with Crippen molar-refractivity contribution in [1.82, 2.24) is 9.46 Å². The molecule has 2 saturated heterocycles. The maximum Gasteiger partial charge on any atom is 0.248 e. The van der Waals surface area contributed by atoms with Crippen LogP contribution < -0.4 is 0 Å². The number of nitrogens with zero attached hydrogens (tertiary/aromatic N) is 2. The van der Waals surface area contributed by atoms with Crippen molar-refractivity contribution in [2.75, 3.05) is 6.26 Å². The molecule has 0 radical (unpaired) electrons. The summed E-state index contributed by atoms with van der Waals surface area (Å²) < 4.78 is 56.1. The Morgan fingerprint density at radius 3 is 2.05 bits per heavy atom. The van der Waals surface area contributed by atoms with E-state index in [0.717, 1.165) is 0 Å². The van der Waals surface area contributed by atoms with Crippen molar-refractivity contribution < 1.29 is 21.4 Å². The maximum atomic E-state index is 13.0. The summed E-state index contributed by atoms with van der Waals surface area (Å²) in [5, 5.41) is 3.28. The number of rotatable bonds is 3. The van der Waals surface area contributed by atoms with Gasteiger partial charge in [0, 0.05) is 18.3 Å². The SMILES string of the molecule is Cc1noc(C)c1S(=O)(=O)N1C2CCC1CC(S(C)(=O)=O)C2. The molecule has 1 aromatic heterocycles. The van der Waals surface area contributed by atoms with Gasteiger partial charge in [-0.05, 0) is 39.5 Å². The third-order valence-electron chi connectivity index (χ3n) is 4.73. The molecule has 2 fully saturated rings. The molecule has 0 saturated carbocycles. The zero-order valence-corrected chi connectivity index (χ0v) is 14.4. The summed E-state index contributed by atoms with van der Waals surface area (Å²) in [5.74, 6) is 0.280. The quantitative estimate of drug-likeness (QED) is 0.809. The van der Waals surface area contributed by atoms with Crippen molar-refractivity contribution in [2.45, 2.75) is 61.8 Å². The number of hydrogen-bond donors (Lipinski definition) is 0. The fourth-order valence-electron chi connectivity index (χ4n) is 3.77. The monoisotopic (exact) mass is 348 g/mol. The molecule has 3 heterocycles. The average molecular weight is 348 g/mol. The number of sulfone groups is 1. The smallest absolute Gasteiger partial charge is 0.248 e. The van der Waals surface area contributed by atoms with Gasteiger partial charge in [-0.2, -0.15) is 4.31 Å².